The van der Waals surface area contributed by atoms with Gasteiger partial charge in [-0.15, -0.1) is 22.7 Å². The molecule has 11 heteroatoms. The number of hydrogen-bond acceptors (Lipinski definition) is 11. The van der Waals surface area contributed by atoms with Gasteiger partial charge in [-0.05, 0) is 277 Å². The van der Waals surface area contributed by atoms with Gasteiger partial charge in [-0.2, -0.15) is 8.75 Å². The number of benzene rings is 21. The summed E-state index contributed by atoms with van der Waals surface area (Å²) in [5, 5.41) is 9.46. The van der Waals surface area contributed by atoms with Crippen molar-refractivity contribution in [3.63, 3.8) is 0 Å². The van der Waals surface area contributed by atoms with E-state index in [0.29, 0.717) is 0 Å². The molecule has 0 bridgehead atoms. The van der Waals surface area contributed by atoms with Crippen LogP contribution in [0.4, 0.5) is 34.1 Å². The molecule has 24 aromatic rings. The number of rotatable bonds is 24. The predicted molar refractivity (Wildman–Crippen MR) is 595 cm³/mol. The molecule has 21 aromatic carbocycles. The highest BCUT2D eigenvalue weighted by atomic mass is 32.1. The van der Waals surface area contributed by atoms with Crippen molar-refractivity contribution in [1.82, 2.24) is 8.75 Å². The summed E-state index contributed by atoms with van der Waals surface area (Å²) in [6.45, 7) is 0. The van der Waals surface area contributed by atoms with Crippen molar-refractivity contribution in [1.29, 1.82) is 0 Å². The highest BCUT2D eigenvalue weighted by Crippen LogP contribution is 2.62. The molecule has 0 amide bonds. The first-order valence-corrected chi connectivity index (χ1v) is 49.6. The second-order valence-electron chi connectivity index (χ2n) is 35.1. The number of thiophene rings is 2. The number of fused-ring (bicyclic) bond motifs is 7. The van der Waals surface area contributed by atoms with Crippen molar-refractivity contribution >= 4 is 123 Å². The molecule has 3 heterocycles. The Morgan fingerprint density at radius 2 is 0.404 bits per heavy atom. The van der Waals surface area contributed by atoms with Gasteiger partial charge in [0, 0.05) is 75.3 Å². The first kappa shape index (κ1) is 86.5. The van der Waals surface area contributed by atoms with E-state index in [1.807, 2.05) is 0 Å². The number of anilines is 6. The minimum atomic E-state index is 0.763. The summed E-state index contributed by atoms with van der Waals surface area (Å²) in [7, 11) is 6.93. The van der Waals surface area contributed by atoms with Crippen LogP contribution >= 0.6 is 34.4 Å². The van der Waals surface area contributed by atoms with Gasteiger partial charge < -0.3 is 28.7 Å². The molecular weight excluding hydrogens is 1780 g/mol. The van der Waals surface area contributed by atoms with Gasteiger partial charge in [0.15, 0.2) is 0 Å². The van der Waals surface area contributed by atoms with Crippen LogP contribution in [0, 0.1) is 0 Å². The molecule has 0 saturated heterocycles. The van der Waals surface area contributed by atoms with Gasteiger partial charge in [0.25, 0.3) is 0 Å². The zero-order valence-corrected chi connectivity index (χ0v) is 80.1. The van der Waals surface area contributed by atoms with Gasteiger partial charge in [0.1, 0.15) is 34.0 Å². The summed E-state index contributed by atoms with van der Waals surface area (Å²) in [6.07, 6.45) is 0. The second kappa shape index (κ2) is 37.6. The Kier molecular flexibility index (Phi) is 23.1. The number of ether oxygens (including phenoxy) is 4. The van der Waals surface area contributed by atoms with Crippen molar-refractivity contribution in [3.05, 3.63) is 473 Å². The van der Waals surface area contributed by atoms with E-state index in [-0.39, 0.29) is 0 Å². The molecule has 0 atom stereocenters. The Bertz CT molecular complexity index is 8250. The highest BCUT2D eigenvalue weighted by molar-refractivity contribution is 7.19. The predicted octanol–water partition coefficient (Wildman–Crippen LogP) is 36.7. The van der Waals surface area contributed by atoms with Crippen LogP contribution in [0.1, 0.15) is 0 Å². The van der Waals surface area contributed by atoms with Gasteiger partial charge >= 0.3 is 0 Å². The zero-order valence-electron chi connectivity index (χ0n) is 77.7. The molecule has 0 aliphatic heterocycles. The highest BCUT2D eigenvalue weighted by Gasteiger charge is 2.35. The van der Waals surface area contributed by atoms with Crippen LogP contribution in [0.5, 0.6) is 23.0 Å². The fourth-order valence-corrected chi connectivity index (χ4v) is 23.6. The van der Waals surface area contributed by atoms with E-state index in [4.69, 9.17) is 27.7 Å². The SMILES string of the molecule is COc1ccc(-c2c(-c3ccc(OC)cc3)c(-c3ccccc3)c(-c3ccc(-c4ccc(-c5ccc(-c6c(-c7ccccc7)c(-c7ccc(OC)cc7)c(-c7ccc(OC)cc7)c(-c7ccccc7)c6-c6ccc(N(c7ccccc7)c7cc8ccccc8c8ccccc78)cc6)s5)c5nsnc45)s3)c(-c3ccc(N(c4ccccc4)c4cc5ccccc5c5ccccc45)cc3)c2-c2ccccc2)cc1. The van der Waals surface area contributed by atoms with Crippen LogP contribution in [0.25, 0.3) is 207 Å². The van der Waals surface area contributed by atoms with Gasteiger partial charge in [0.2, 0.25) is 0 Å². The molecule has 0 aliphatic rings. The molecule has 0 aliphatic carbocycles. The van der Waals surface area contributed by atoms with Crippen LogP contribution < -0.4 is 28.7 Å². The first-order chi connectivity index (χ1) is 69.8. The zero-order chi connectivity index (χ0) is 94.4. The summed E-state index contributed by atoms with van der Waals surface area (Å²) in [5.41, 5.74) is 33.3. The molecule has 0 saturated carbocycles. The van der Waals surface area contributed by atoms with Crippen molar-refractivity contribution < 1.29 is 18.9 Å². The lowest BCUT2D eigenvalue weighted by Gasteiger charge is -2.29. The lowest BCUT2D eigenvalue weighted by molar-refractivity contribution is 0.414. The third-order valence-electron chi connectivity index (χ3n) is 27.2. The van der Waals surface area contributed by atoms with Crippen molar-refractivity contribution in [2.24, 2.45) is 0 Å². The Hall–Kier alpha value is -17.3. The summed E-state index contributed by atoms with van der Waals surface area (Å²) >= 11 is 4.82. The van der Waals surface area contributed by atoms with Crippen LogP contribution in [-0.4, -0.2) is 37.2 Å². The summed E-state index contributed by atoms with van der Waals surface area (Å²) < 4.78 is 34.7. The average molecular weight is 1870 g/mol. The topological polar surface area (TPSA) is 69.2 Å². The second-order valence-corrected chi connectivity index (χ2v) is 37.8. The molecule has 0 N–H and O–H groups in total. The summed E-state index contributed by atoms with van der Waals surface area (Å²) in [6, 6.07) is 172. The van der Waals surface area contributed by atoms with Gasteiger partial charge in [-0.1, -0.05) is 340 Å². The van der Waals surface area contributed by atoms with E-state index >= 15 is 0 Å². The first-order valence-electron chi connectivity index (χ1n) is 47.3. The molecule has 0 radical (unpaired) electrons. The molecule has 0 fully saturated rings. The number of aromatic nitrogens is 2. The monoisotopic (exact) mass is 1870 g/mol. The van der Waals surface area contributed by atoms with E-state index in [1.165, 1.54) is 44.0 Å². The summed E-state index contributed by atoms with van der Waals surface area (Å²) in [5.74, 6) is 3.06. The fraction of sp³-hybridized carbons (Fsp3) is 0.0308. The van der Waals surface area contributed by atoms with Crippen LogP contribution in [0.2, 0.25) is 0 Å². The Labute approximate surface area is 831 Å². The molecule has 0 spiro atoms. The normalized spacial score (nSPS) is 11.4. The smallest absolute Gasteiger partial charge is 0.118 e. The molecule has 0 unspecified atom stereocenters. The third kappa shape index (κ3) is 15.9. The maximum Gasteiger partial charge on any atom is 0.118 e. The van der Waals surface area contributed by atoms with Crippen molar-refractivity contribution in [2.45, 2.75) is 0 Å². The van der Waals surface area contributed by atoms with E-state index in [2.05, 4.69) is 483 Å². The quantitative estimate of drug-likeness (QED) is 0.0555. The summed E-state index contributed by atoms with van der Waals surface area (Å²) in [4.78, 5) is 9.07. The van der Waals surface area contributed by atoms with Crippen molar-refractivity contribution in [3.8, 4) is 176 Å². The maximum atomic E-state index is 5.98. The maximum absolute atomic E-state index is 5.98. The molecule has 672 valence electrons. The number of methoxy groups -OCH3 is 4. The van der Waals surface area contributed by atoms with Crippen LogP contribution in [0.3, 0.4) is 0 Å². The standard InChI is InChI=1S/C130H90N4O4S3/c1-135-99-67-55-89(56-68-99)119-117(83-31-11-5-12-32-83)125(87-51-63-97(64-52-87)133(95-41-19-9-20-42-95)111-81-93-39-23-25-45-103(93)105-47-27-29-49-107(105)111)127(123(85-35-15-7-16-36-85)121(119)91-59-71-101(137-3)72-60-91)115-79-77-113(139-115)109-75-76-110(130-129(109)131-141-132-130)114-78-80-116(140-114)128-124(86-37-17-8-18-38-86)122(92-61-73-102(138-4)74-62-92)120(90-57-69-100(136-2)70-58-90)118(84-33-13-6-14-34-84)126(128)88-53-65-98(66-54-88)134(96-43-21-10-22-44-96)112-82-94-40-24-26-46-104(94)106-48-28-30-50-108(106)112/h5-82H,1-4H3. The van der Waals surface area contributed by atoms with E-state index in [0.717, 1.165) is 232 Å². The van der Waals surface area contributed by atoms with Crippen molar-refractivity contribution in [2.75, 3.05) is 38.2 Å². The largest absolute Gasteiger partial charge is 0.497 e. The van der Waals surface area contributed by atoms with Crippen LogP contribution in [0.15, 0.2) is 473 Å². The Morgan fingerprint density at radius 3 is 0.688 bits per heavy atom. The molecule has 141 heavy (non-hydrogen) atoms. The Morgan fingerprint density at radius 1 is 0.184 bits per heavy atom. The number of hydrogen-bond donors (Lipinski definition) is 0. The minimum Gasteiger partial charge on any atom is -0.497 e. The molecule has 8 nitrogen and oxygen atoms in total. The fourth-order valence-electron chi connectivity index (χ4n) is 20.8. The van der Waals surface area contributed by atoms with Gasteiger partial charge in [-0.25, -0.2) is 0 Å². The van der Waals surface area contributed by atoms with E-state index < -0.39 is 0 Å². The van der Waals surface area contributed by atoms with Gasteiger partial charge in [-0.3, -0.25) is 0 Å². The number of para-hydroxylation sites is 2. The van der Waals surface area contributed by atoms with Crippen LogP contribution in [-0.2, 0) is 0 Å². The average Bonchev–Trinajstić information content (AvgIpc) is 1.61. The lowest BCUT2D eigenvalue weighted by atomic mass is 9.75. The lowest BCUT2D eigenvalue weighted by Crippen LogP contribution is -2.10. The van der Waals surface area contributed by atoms with Gasteiger partial charge in [0.05, 0.1) is 51.5 Å². The Balaban J connectivity index is 0.720. The number of nitrogens with zero attached hydrogens (tertiary/aromatic N) is 4. The van der Waals surface area contributed by atoms with E-state index in [9.17, 15) is 0 Å². The molecule has 3 aromatic heterocycles. The molecular formula is C130H90N4O4S3. The van der Waals surface area contributed by atoms with E-state index in [1.54, 1.807) is 51.1 Å². The minimum absolute atomic E-state index is 0.763. The third-order valence-corrected chi connectivity index (χ3v) is 30.0. The molecule has 24 rings (SSSR count).